The molecule has 0 fully saturated rings. The Morgan fingerprint density at radius 2 is 1.94 bits per heavy atom. The Morgan fingerprint density at radius 1 is 1.21 bits per heavy atom. The number of nitrogens with one attached hydrogen (secondary N) is 2. The summed E-state index contributed by atoms with van der Waals surface area (Å²) in [6.07, 6.45) is -0.614. The molecule has 172 valence electrons. The van der Waals surface area contributed by atoms with E-state index in [1.165, 1.54) is 11.8 Å². The second kappa shape index (κ2) is 10.8. The highest BCUT2D eigenvalue weighted by Crippen LogP contribution is 2.31. The minimum Gasteiger partial charge on any atom is -0.497 e. The highest BCUT2D eigenvalue weighted by molar-refractivity contribution is 8.01. The van der Waals surface area contributed by atoms with Crippen molar-refractivity contribution < 1.29 is 19.1 Å². The van der Waals surface area contributed by atoms with Gasteiger partial charge in [0.2, 0.25) is 11.0 Å². The fourth-order valence-corrected chi connectivity index (χ4v) is 4.52. The van der Waals surface area contributed by atoms with Gasteiger partial charge in [-0.3, -0.25) is 14.7 Å². The normalized spacial score (nSPS) is 10.4. The molecule has 12 heteroatoms. The van der Waals surface area contributed by atoms with Gasteiger partial charge in [0.15, 0.2) is 4.34 Å². The van der Waals surface area contributed by atoms with Gasteiger partial charge in [0.05, 0.1) is 25.0 Å². The third kappa shape index (κ3) is 5.63. The number of hydrogen-bond donors (Lipinski definition) is 2. The van der Waals surface area contributed by atoms with Crippen LogP contribution in [0, 0.1) is 25.2 Å². The molecule has 0 saturated carbocycles. The molecule has 33 heavy (non-hydrogen) atoms. The molecule has 0 aliphatic carbocycles. The average Bonchev–Trinajstić information content (AvgIpc) is 3.34. The van der Waals surface area contributed by atoms with Crippen LogP contribution in [0.4, 0.5) is 15.7 Å². The van der Waals surface area contributed by atoms with Crippen molar-refractivity contribution in [2.24, 2.45) is 0 Å². The standard InChI is InChI=1S/C21H22N6O4S2/c1-5-31-20(29)24-19-25-26-21(33-19)32-11-17(28)23-18-16(10-22)12(2)13(3)27(18)14-6-8-15(30-4)9-7-14/h6-9H,5,11H2,1-4H3,(H,23,28)(H,24,25,29). The number of methoxy groups -OCH3 is 1. The fourth-order valence-electron chi connectivity index (χ4n) is 2.98. The maximum atomic E-state index is 12.7. The number of thioether (sulfide) groups is 1. The fraction of sp³-hybridized carbons (Fsp3) is 0.286. The molecule has 2 heterocycles. The molecule has 10 nitrogen and oxygen atoms in total. The zero-order valence-electron chi connectivity index (χ0n) is 18.5. The molecule has 3 aromatic rings. The van der Waals surface area contributed by atoms with Crippen LogP contribution in [-0.4, -0.2) is 46.2 Å². The van der Waals surface area contributed by atoms with Crippen LogP contribution >= 0.6 is 23.1 Å². The number of carbonyl (C=O) groups is 2. The molecule has 0 unspecified atom stereocenters. The molecule has 0 aliphatic heterocycles. The van der Waals surface area contributed by atoms with Crippen LogP contribution in [0.15, 0.2) is 28.6 Å². The average molecular weight is 487 g/mol. The summed E-state index contributed by atoms with van der Waals surface area (Å²) in [4.78, 5) is 24.2. The molecule has 1 aromatic carbocycles. The molecule has 0 aliphatic rings. The second-order valence-electron chi connectivity index (χ2n) is 6.63. The van der Waals surface area contributed by atoms with Gasteiger partial charge in [0, 0.05) is 11.4 Å². The van der Waals surface area contributed by atoms with E-state index in [-0.39, 0.29) is 23.4 Å². The van der Waals surface area contributed by atoms with Crippen molar-refractivity contribution in [1.29, 1.82) is 5.26 Å². The monoisotopic (exact) mass is 486 g/mol. The van der Waals surface area contributed by atoms with Crippen molar-refractivity contribution in [3.63, 3.8) is 0 Å². The first kappa shape index (κ1) is 24.1. The second-order valence-corrected chi connectivity index (χ2v) is 8.83. The van der Waals surface area contributed by atoms with Crippen LogP contribution in [0.3, 0.4) is 0 Å². The van der Waals surface area contributed by atoms with Gasteiger partial charge < -0.3 is 14.8 Å². The minimum absolute atomic E-state index is 0.0464. The summed E-state index contributed by atoms with van der Waals surface area (Å²) >= 11 is 2.30. The molecular formula is C21H22N6O4S2. The zero-order chi connectivity index (χ0) is 24.0. The number of amides is 2. The van der Waals surface area contributed by atoms with Crippen molar-refractivity contribution in [1.82, 2.24) is 14.8 Å². The number of nitriles is 1. The molecule has 2 amide bonds. The summed E-state index contributed by atoms with van der Waals surface area (Å²) in [6, 6.07) is 9.53. The molecule has 0 spiro atoms. The third-order valence-electron chi connectivity index (χ3n) is 4.63. The van der Waals surface area contributed by atoms with Crippen molar-refractivity contribution in [3.05, 3.63) is 41.1 Å². The van der Waals surface area contributed by atoms with E-state index >= 15 is 0 Å². The van der Waals surface area contributed by atoms with E-state index in [9.17, 15) is 14.9 Å². The quantitative estimate of drug-likeness (QED) is 0.359. The SMILES string of the molecule is CCOC(=O)Nc1nnc(SCC(=O)Nc2c(C#N)c(C)c(C)n2-c2ccc(OC)cc2)s1. The van der Waals surface area contributed by atoms with Crippen LogP contribution in [0.5, 0.6) is 5.75 Å². The van der Waals surface area contributed by atoms with Crippen LogP contribution in [0.25, 0.3) is 5.69 Å². The lowest BCUT2D eigenvalue weighted by Gasteiger charge is -2.13. The molecule has 0 atom stereocenters. The summed E-state index contributed by atoms with van der Waals surface area (Å²) in [5.74, 6) is 0.853. The number of benzene rings is 1. The summed E-state index contributed by atoms with van der Waals surface area (Å²) in [7, 11) is 1.59. The Labute approximate surface area is 198 Å². The predicted molar refractivity (Wildman–Crippen MR) is 126 cm³/mol. The van der Waals surface area contributed by atoms with Crippen molar-refractivity contribution >= 4 is 46.0 Å². The Bertz CT molecular complexity index is 1200. The molecule has 2 aromatic heterocycles. The van der Waals surface area contributed by atoms with E-state index in [1.54, 1.807) is 14.0 Å². The van der Waals surface area contributed by atoms with Crippen molar-refractivity contribution in [3.8, 4) is 17.5 Å². The van der Waals surface area contributed by atoms with Gasteiger partial charge in [-0.1, -0.05) is 23.1 Å². The smallest absolute Gasteiger partial charge is 0.413 e. The summed E-state index contributed by atoms with van der Waals surface area (Å²) in [6.45, 7) is 5.68. The van der Waals surface area contributed by atoms with Gasteiger partial charge in [0.25, 0.3) is 0 Å². The Morgan fingerprint density at radius 3 is 2.58 bits per heavy atom. The van der Waals surface area contributed by atoms with Crippen molar-refractivity contribution in [2.45, 2.75) is 25.1 Å². The maximum Gasteiger partial charge on any atom is 0.413 e. The van der Waals surface area contributed by atoms with Gasteiger partial charge >= 0.3 is 6.09 Å². The van der Waals surface area contributed by atoms with Gasteiger partial charge in [-0.05, 0) is 50.6 Å². The van der Waals surface area contributed by atoms with Crippen LogP contribution < -0.4 is 15.4 Å². The van der Waals surface area contributed by atoms with Gasteiger partial charge in [-0.2, -0.15) is 5.26 Å². The molecule has 0 bridgehead atoms. The lowest BCUT2D eigenvalue weighted by Crippen LogP contribution is -2.17. The topological polar surface area (TPSA) is 131 Å². The highest BCUT2D eigenvalue weighted by Gasteiger charge is 2.21. The number of rotatable bonds is 8. The number of ether oxygens (including phenoxy) is 2. The third-order valence-corrected chi connectivity index (χ3v) is 6.60. The first-order chi connectivity index (χ1) is 15.9. The van der Waals surface area contributed by atoms with Crippen LogP contribution in [-0.2, 0) is 9.53 Å². The Kier molecular flexibility index (Phi) is 7.92. The summed E-state index contributed by atoms with van der Waals surface area (Å²) in [5.41, 5.74) is 2.83. The molecule has 3 rings (SSSR count). The number of aromatic nitrogens is 3. The van der Waals surface area contributed by atoms with Gasteiger partial charge in [-0.15, -0.1) is 10.2 Å². The maximum absolute atomic E-state index is 12.7. The van der Waals surface area contributed by atoms with Crippen LogP contribution in [0.1, 0.15) is 23.7 Å². The highest BCUT2D eigenvalue weighted by atomic mass is 32.2. The van der Waals surface area contributed by atoms with E-state index in [0.717, 1.165) is 28.3 Å². The largest absolute Gasteiger partial charge is 0.497 e. The number of hydrogen-bond acceptors (Lipinski definition) is 9. The lowest BCUT2D eigenvalue weighted by atomic mass is 10.2. The van der Waals surface area contributed by atoms with Gasteiger partial charge in [-0.25, -0.2) is 4.79 Å². The number of nitrogens with zero attached hydrogens (tertiary/aromatic N) is 4. The Balaban J connectivity index is 1.74. The van der Waals surface area contributed by atoms with E-state index in [2.05, 4.69) is 26.9 Å². The molecular weight excluding hydrogens is 464 g/mol. The Hall–Kier alpha value is -3.56. The molecule has 0 saturated heterocycles. The first-order valence-electron chi connectivity index (χ1n) is 9.84. The van der Waals surface area contributed by atoms with Crippen LogP contribution in [0.2, 0.25) is 0 Å². The summed E-state index contributed by atoms with van der Waals surface area (Å²) in [5, 5.41) is 23.1. The first-order valence-corrected chi connectivity index (χ1v) is 11.6. The number of anilines is 2. The van der Waals surface area contributed by atoms with Gasteiger partial charge in [0.1, 0.15) is 17.6 Å². The van der Waals surface area contributed by atoms with E-state index in [4.69, 9.17) is 9.47 Å². The molecule has 2 N–H and O–H groups in total. The van der Waals surface area contributed by atoms with E-state index in [1.807, 2.05) is 42.7 Å². The van der Waals surface area contributed by atoms with Crippen molar-refractivity contribution in [2.75, 3.05) is 30.1 Å². The zero-order valence-corrected chi connectivity index (χ0v) is 20.1. The minimum atomic E-state index is -0.614. The van der Waals surface area contributed by atoms with E-state index < -0.39 is 6.09 Å². The molecule has 0 radical (unpaired) electrons. The number of carbonyl (C=O) groups excluding carboxylic acids is 2. The lowest BCUT2D eigenvalue weighted by molar-refractivity contribution is -0.113. The predicted octanol–water partition coefficient (Wildman–Crippen LogP) is 4.13. The van der Waals surface area contributed by atoms with E-state index in [0.29, 0.717) is 21.5 Å². The summed E-state index contributed by atoms with van der Waals surface area (Å²) < 4.78 is 12.4.